The van der Waals surface area contributed by atoms with E-state index < -0.39 is 17.9 Å². The minimum absolute atomic E-state index is 0.154. The van der Waals surface area contributed by atoms with Crippen LogP contribution >= 0.6 is 11.6 Å². The maximum Gasteiger partial charge on any atom is 0.435 e. The highest BCUT2D eigenvalue weighted by atomic mass is 35.5. The number of nitrogens with zero attached hydrogens (tertiary/aromatic N) is 2. The third-order valence-corrected chi connectivity index (χ3v) is 2.58. The van der Waals surface area contributed by atoms with Crippen LogP contribution in [0.25, 0.3) is 5.69 Å². The molecule has 1 aromatic heterocycles. The van der Waals surface area contributed by atoms with Crippen molar-refractivity contribution in [3.63, 3.8) is 0 Å². The van der Waals surface area contributed by atoms with Gasteiger partial charge in [0.2, 0.25) is 0 Å². The van der Waals surface area contributed by atoms with Crippen LogP contribution in [-0.2, 0) is 6.18 Å². The van der Waals surface area contributed by atoms with Crippen molar-refractivity contribution in [3.8, 4) is 5.69 Å². The molecule has 1 heterocycles. The molecular weight excluding hydrogens is 297 g/mol. The van der Waals surface area contributed by atoms with Crippen molar-refractivity contribution in [2.24, 2.45) is 5.73 Å². The van der Waals surface area contributed by atoms with Crippen LogP contribution < -0.4 is 11.1 Å². The van der Waals surface area contributed by atoms with E-state index in [9.17, 15) is 18.0 Å². The largest absolute Gasteiger partial charge is 0.435 e. The number of hydrogen-bond donors (Lipinski definition) is 2. The molecule has 0 aliphatic carbocycles. The molecule has 106 valence electrons. The Morgan fingerprint density at radius 1 is 1.35 bits per heavy atom. The van der Waals surface area contributed by atoms with Crippen LogP contribution in [-0.4, -0.2) is 15.8 Å². The minimum Gasteiger partial charge on any atom is -0.351 e. The number of hydrogen-bond acceptors (Lipinski definition) is 2. The number of nitrogens with one attached hydrogen (secondary N) is 1. The maximum atomic E-state index is 12.5. The quantitative estimate of drug-likeness (QED) is 0.895. The van der Waals surface area contributed by atoms with Crippen molar-refractivity contribution in [2.45, 2.75) is 6.18 Å². The molecule has 9 heteroatoms. The number of anilines is 1. The molecule has 0 saturated carbocycles. The lowest BCUT2D eigenvalue weighted by atomic mass is 10.2. The smallest absolute Gasteiger partial charge is 0.351 e. The molecule has 0 aliphatic heterocycles. The summed E-state index contributed by atoms with van der Waals surface area (Å²) in [6, 6.07) is 4.19. The number of nitrogens with two attached hydrogens (primary N) is 1. The van der Waals surface area contributed by atoms with Crippen LogP contribution in [0.1, 0.15) is 5.69 Å². The van der Waals surface area contributed by atoms with E-state index in [2.05, 4.69) is 10.4 Å². The molecule has 2 amide bonds. The van der Waals surface area contributed by atoms with Crippen molar-refractivity contribution in [1.82, 2.24) is 9.78 Å². The van der Waals surface area contributed by atoms with E-state index in [1.54, 1.807) is 0 Å². The third kappa shape index (κ3) is 3.02. The predicted octanol–water partition coefficient (Wildman–Crippen LogP) is 3.04. The number of urea groups is 1. The van der Waals surface area contributed by atoms with Gasteiger partial charge in [-0.1, -0.05) is 11.6 Å². The van der Waals surface area contributed by atoms with Gasteiger partial charge < -0.3 is 11.1 Å². The van der Waals surface area contributed by atoms with Gasteiger partial charge in [0.15, 0.2) is 5.69 Å². The highest BCUT2D eigenvalue weighted by molar-refractivity contribution is 6.31. The van der Waals surface area contributed by atoms with Crippen LogP contribution in [0.3, 0.4) is 0 Å². The fourth-order valence-electron chi connectivity index (χ4n) is 1.55. The first-order valence-electron chi connectivity index (χ1n) is 5.26. The summed E-state index contributed by atoms with van der Waals surface area (Å²) >= 11 is 5.76. The standard InChI is InChI=1S/C11H8ClF3N4O/c12-6-1-2-8(7(5-6)17-10(16)20)19-4-3-9(18-19)11(13,14)15/h1-5H,(H3,16,17,20). The average Bonchev–Trinajstić information content (AvgIpc) is 2.77. The van der Waals surface area contributed by atoms with Crippen molar-refractivity contribution in [3.05, 3.63) is 41.2 Å². The highest BCUT2D eigenvalue weighted by Crippen LogP contribution is 2.29. The number of aromatic nitrogens is 2. The molecule has 0 bridgehead atoms. The molecule has 2 rings (SSSR count). The Morgan fingerprint density at radius 2 is 2.05 bits per heavy atom. The van der Waals surface area contributed by atoms with E-state index >= 15 is 0 Å². The molecule has 0 saturated heterocycles. The number of rotatable bonds is 2. The van der Waals surface area contributed by atoms with E-state index in [-0.39, 0.29) is 11.4 Å². The first-order valence-corrected chi connectivity index (χ1v) is 5.64. The maximum absolute atomic E-state index is 12.5. The minimum atomic E-state index is -4.55. The lowest BCUT2D eigenvalue weighted by Gasteiger charge is -2.10. The van der Waals surface area contributed by atoms with Crippen LogP contribution in [0, 0.1) is 0 Å². The van der Waals surface area contributed by atoms with E-state index in [1.807, 2.05) is 0 Å². The van der Waals surface area contributed by atoms with Gasteiger partial charge in [0.1, 0.15) is 0 Å². The first kappa shape index (κ1) is 14.2. The Hall–Kier alpha value is -2.22. The number of benzene rings is 1. The zero-order chi connectivity index (χ0) is 14.9. The normalized spacial score (nSPS) is 11.4. The topological polar surface area (TPSA) is 72.9 Å². The summed E-state index contributed by atoms with van der Waals surface area (Å²) in [5.41, 5.74) is 4.32. The SMILES string of the molecule is NC(=O)Nc1cc(Cl)ccc1-n1ccc(C(F)(F)F)n1. The van der Waals surface area contributed by atoms with Crippen molar-refractivity contribution in [2.75, 3.05) is 5.32 Å². The van der Waals surface area contributed by atoms with Gasteiger partial charge in [0.25, 0.3) is 0 Å². The Balaban J connectivity index is 2.46. The molecule has 0 aliphatic rings. The first-order chi connectivity index (χ1) is 9.27. The van der Waals surface area contributed by atoms with Gasteiger partial charge in [-0.25, -0.2) is 9.48 Å². The van der Waals surface area contributed by atoms with Crippen molar-refractivity contribution >= 4 is 23.3 Å². The second-order valence-corrected chi connectivity index (χ2v) is 4.23. The molecule has 5 nitrogen and oxygen atoms in total. The van der Waals surface area contributed by atoms with Crippen LogP contribution in [0.5, 0.6) is 0 Å². The van der Waals surface area contributed by atoms with Crippen LogP contribution in [0.4, 0.5) is 23.7 Å². The number of carbonyl (C=O) groups is 1. The molecule has 0 radical (unpaired) electrons. The second kappa shape index (κ2) is 5.04. The molecule has 1 aromatic carbocycles. The number of carbonyl (C=O) groups excluding carboxylic acids is 1. The zero-order valence-corrected chi connectivity index (χ0v) is 10.5. The summed E-state index contributed by atoms with van der Waals surface area (Å²) < 4.78 is 38.5. The van der Waals surface area contributed by atoms with Gasteiger partial charge in [-0.2, -0.15) is 18.3 Å². The Bertz CT molecular complexity index is 653. The van der Waals surface area contributed by atoms with Crippen molar-refractivity contribution in [1.29, 1.82) is 0 Å². The predicted molar refractivity (Wildman–Crippen MR) is 66.8 cm³/mol. The van der Waals surface area contributed by atoms with Crippen LogP contribution in [0.2, 0.25) is 5.02 Å². The fraction of sp³-hybridized carbons (Fsp3) is 0.0909. The lowest BCUT2D eigenvalue weighted by Crippen LogP contribution is -2.20. The van der Waals surface area contributed by atoms with Gasteiger partial charge in [-0.3, -0.25) is 0 Å². The Morgan fingerprint density at radius 3 is 2.60 bits per heavy atom. The van der Waals surface area contributed by atoms with E-state index in [1.165, 1.54) is 18.2 Å². The molecule has 0 spiro atoms. The number of amides is 2. The molecule has 0 unspecified atom stereocenters. The van der Waals surface area contributed by atoms with Gasteiger partial charge in [-0.15, -0.1) is 0 Å². The van der Waals surface area contributed by atoms with Gasteiger partial charge in [0, 0.05) is 11.2 Å². The molecule has 3 N–H and O–H groups in total. The van der Waals surface area contributed by atoms with Gasteiger partial charge in [0.05, 0.1) is 11.4 Å². The Labute approximate surface area is 116 Å². The summed E-state index contributed by atoms with van der Waals surface area (Å²) in [6.45, 7) is 0. The highest BCUT2D eigenvalue weighted by Gasteiger charge is 2.33. The van der Waals surface area contributed by atoms with Crippen molar-refractivity contribution < 1.29 is 18.0 Å². The van der Waals surface area contributed by atoms with Gasteiger partial charge >= 0.3 is 12.2 Å². The molecule has 2 aromatic rings. The monoisotopic (exact) mass is 304 g/mol. The number of halogens is 4. The zero-order valence-electron chi connectivity index (χ0n) is 9.78. The van der Waals surface area contributed by atoms with Gasteiger partial charge in [-0.05, 0) is 24.3 Å². The molecule has 0 fully saturated rings. The Kier molecular flexibility index (Phi) is 3.58. The summed E-state index contributed by atoms with van der Waals surface area (Å²) in [4.78, 5) is 10.9. The lowest BCUT2D eigenvalue weighted by molar-refractivity contribution is -0.141. The summed E-state index contributed by atoms with van der Waals surface area (Å²) in [6.07, 6.45) is -3.42. The number of alkyl halides is 3. The molecular formula is C11H8ClF3N4O. The molecule has 20 heavy (non-hydrogen) atoms. The summed E-state index contributed by atoms with van der Waals surface area (Å²) in [7, 11) is 0. The second-order valence-electron chi connectivity index (χ2n) is 3.79. The number of primary amides is 1. The van der Waals surface area contributed by atoms with E-state index in [0.717, 1.165) is 16.9 Å². The molecule has 0 atom stereocenters. The summed E-state index contributed by atoms with van der Waals surface area (Å²) in [5, 5.41) is 5.97. The summed E-state index contributed by atoms with van der Waals surface area (Å²) in [5.74, 6) is 0. The fourth-order valence-corrected chi connectivity index (χ4v) is 1.72. The third-order valence-electron chi connectivity index (χ3n) is 2.34. The van der Waals surface area contributed by atoms with E-state index in [0.29, 0.717) is 5.02 Å². The average molecular weight is 305 g/mol. The van der Waals surface area contributed by atoms with E-state index in [4.69, 9.17) is 17.3 Å². The van der Waals surface area contributed by atoms with Crippen LogP contribution in [0.15, 0.2) is 30.5 Å².